The second-order valence-corrected chi connectivity index (χ2v) is 10.7. The fourth-order valence-electron chi connectivity index (χ4n) is 1.55. The second-order valence-electron chi connectivity index (χ2n) is 4.50. The van der Waals surface area contributed by atoms with E-state index >= 15 is 0 Å². The molecule has 72 valence electrons. The summed E-state index contributed by atoms with van der Waals surface area (Å²) in [6.45, 7) is 9.62. The van der Waals surface area contributed by atoms with Gasteiger partial charge in [-0.15, -0.1) is 0 Å². The van der Waals surface area contributed by atoms with Crippen LogP contribution in [0.25, 0.3) is 0 Å². The Morgan fingerprint density at radius 1 is 1.08 bits per heavy atom. The third-order valence-corrected chi connectivity index (χ3v) is 5.24. The van der Waals surface area contributed by atoms with Crippen molar-refractivity contribution in [3.8, 4) is 0 Å². The molecule has 0 nitrogen and oxygen atoms in total. The molecular weight excluding hydrogens is 188 g/mol. The van der Waals surface area contributed by atoms with Crippen LogP contribution in [-0.4, -0.2) is 17.6 Å². The minimum atomic E-state index is -0.587. The quantitative estimate of drug-likeness (QED) is 0.666. The van der Waals surface area contributed by atoms with Gasteiger partial charge in [0, 0.05) is 8.80 Å². The zero-order chi connectivity index (χ0) is 9.84. The monoisotopic (exact) mass is 208 g/mol. The summed E-state index contributed by atoms with van der Waals surface area (Å²) in [4.78, 5) is 0. The Morgan fingerprint density at radius 2 is 1.77 bits per heavy atom. The van der Waals surface area contributed by atoms with Crippen LogP contribution in [0.4, 0.5) is 0 Å². The predicted molar refractivity (Wildman–Crippen MR) is 67.5 cm³/mol. The minimum Gasteiger partial charge on any atom is -0.0719 e. The van der Waals surface area contributed by atoms with Gasteiger partial charge in [0.25, 0.3) is 0 Å². The average Bonchev–Trinajstić information content (AvgIpc) is 2.03. The molecule has 0 saturated carbocycles. The Hall–Kier alpha value is -0.346. The van der Waals surface area contributed by atoms with Gasteiger partial charge >= 0.3 is 0 Å². The number of hydrogen-bond donors (Lipinski definition) is 0. The van der Waals surface area contributed by atoms with Crippen molar-refractivity contribution in [3.63, 3.8) is 0 Å². The molecule has 13 heavy (non-hydrogen) atoms. The molecule has 0 aliphatic heterocycles. The fourth-order valence-corrected chi connectivity index (χ4v) is 3.79. The molecule has 0 aromatic heterocycles. The molecule has 2 heteroatoms. The van der Waals surface area contributed by atoms with E-state index in [1.165, 1.54) is 6.04 Å². The topological polar surface area (TPSA) is 0 Å². The molecular formula is C11H20Si2. The molecule has 0 spiro atoms. The van der Waals surface area contributed by atoms with E-state index in [-0.39, 0.29) is 0 Å². The molecule has 0 bridgehead atoms. The smallest absolute Gasteiger partial charge is 0.0647 e. The van der Waals surface area contributed by atoms with Crippen molar-refractivity contribution in [2.24, 2.45) is 0 Å². The largest absolute Gasteiger partial charge is 0.0719 e. The summed E-state index contributed by atoms with van der Waals surface area (Å²) in [5, 5.41) is 1.62. The van der Waals surface area contributed by atoms with Gasteiger partial charge in [-0.05, 0) is 6.04 Å². The first-order valence-electron chi connectivity index (χ1n) is 5.18. The summed E-state index contributed by atoms with van der Waals surface area (Å²) in [6, 6.07) is 10.6. The van der Waals surface area contributed by atoms with Crippen molar-refractivity contribution in [1.29, 1.82) is 0 Å². The molecule has 0 heterocycles. The van der Waals surface area contributed by atoms with E-state index in [1.807, 2.05) is 0 Å². The maximum Gasteiger partial charge on any atom is 0.0647 e. The van der Waals surface area contributed by atoms with Crippen molar-refractivity contribution < 1.29 is 0 Å². The normalized spacial score (nSPS) is 11.2. The average molecular weight is 208 g/mol. The van der Waals surface area contributed by atoms with Crippen LogP contribution in [-0.2, 0) is 6.04 Å². The summed E-state index contributed by atoms with van der Waals surface area (Å²) in [5.41, 5.74) is 1.57. The van der Waals surface area contributed by atoms with E-state index in [0.29, 0.717) is 0 Å². The predicted octanol–water partition coefficient (Wildman–Crippen LogP) is 1.95. The van der Waals surface area contributed by atoms with Gasteiger partial charge < -0.3 is 0 Å². The fraction of sp³-hybridized carbons (Fsp3) is 0.455. The summed E-state index contributed by atoms with van der Waals surface area (Å²) < 4.78 is 0. The van der Waals surface area contributed by atoms with Crippen molar-refractivity contribution in [2.75, 3.05) is 0 Å². The van der Waals surface area contributed by atoms with Gasteiger partial charge in [-0.2, -0.15) is 0 Å². The first-order chi connectivity index (χ1) is 6.09. The van der Waals surface area contributed by atoms with Crippen molar-refractivity contribution >= 4 is 22.8 Å². The molecule has 0 saturated heterocycles. The number of rotatable bonds is 3. The van der Waals surface area contributed by atoms with Crippen LogP contribution < -0.4 is 5.19 Å². The lowest BCUT2D eigenvalue weighted by molar-refractivity contribution is 1.36. The van der Waals surface area contributed by atoms with Gasteiger partial charge in [0.1, 0.15) is 0 Å². The molecule has 0 unspecified atom stereocenters. The van der Waals surface area contributed by atoms with Gasteiger partial charge in [0.2, 0.25) is 0 Å². The zero-order valence-electron chi connectivity index (χ0n) is 9.17. The molecule has 1 aromatic carbocycles. The molecule has 1 rings (SSSR count). The minimum absolute atomic E-state index is 0.434. The second kappa shape index (κ2) is 4.77. The first-order valence-corrected chi connectivity index (χ1v) is 11.2. The molecule has 1 aromatic rings. The molecule has 0 N–H and O–H groups in total. The van der Waals surface area contributed by atoms with Gasteiger partial charge in [-0.1, -0.05) is 61.2 Å². The van der Waals surface area contributed by atoms with E-state index in [2.05, 4.69) is 50.5 Å². The van der Waals surface area contributed by atoms with Gasteiger partial charge in [-0.3, -0.25) is 0 Å². The van der Waals surface area contributed by atoms with E-state index < -0.39 is 17.6 Å². The van der Waals surface area contributed by atoms with Crippen LogP contribution in [0.5, 0.6) is 0 Å². The van der Waals surface area contributed by atoms with E-state index in [0.717, 1.165) is 0 Å². The third-order valence-electron chi connectivity index (χ3n) is 2.26. The Labute approximate surface area is 85.2 Å². The van der Waals surface area contributed by atoms with E-state index in [9.17, 15) is 0 Å². The first kappa shape index (κ1) is 10.7. The Morgan fingerprint density at radius 3 is 2.31 bits per heavy atom. The lowest BCUT2D eigenvalue weighted by Crippen LogP contribution is -2.23. The maximum absolute atomic E-state index is 2.43. The summed E-state index contributed by atoms with van der Waals surface area (Å²) in [7, 11) is -1.02. The maximum atomic E-state index is 2.43. The van der Waals surface area contributed by atoms with Gasteiger partial charge in [0.05, 0.1) is 8.80 Å². The highest BCUT2D eigenvalue weighted by Gasteiger charge is 2.03. The van der Waals surface area contributed by atoms with Crippen LogP contribution in [0.15, 0.2) is 24.3 Å². The highest BCUT2D eigenvalue weighted by Crippen LogP contribution is 2.01. The summed E-state index contributed by atoms with van der Waals surface area (Å²) in [5.74, 6) is 0. The Bertz CT molecular complexity index is 267. The number of hydrogen-bond acceptors (Lipinski definition) is 0. The molecule has 0 fully saturated rings. The van der Waals surface area contributed by atoms with Crippen LogP contribution in [0.2, 0.25) is 26.2 Å². The molecule has 0 atom stereocenters. The third kappa shape index (κ3) is 3.48. The molecule has 0 aliphatic carbocycles. The SMILES string of the molecule is C[SiH](C)Cc1cccc([SiH](C)C)c1. The van der Waals surface area contributed by atoms with E-state index in [4.69, 9.17) is 0 Å². The lowest BCUT2D eigenvalue weighted by Gasteiger charge is -2.08. The van der Waals surface area contributed by atoms with Crippen molar-refractivity contribution in [1.82, 2.24) is 0 Å². The summed E-state index contributed by atoms with van der Waals surface area (Å²) >= 11 is 0. The van der Waals surface area contributed by atoms with E-state index in [1.54, 1.807) is 10.8 Å². The lowest BCUT2D eigenvalue weighted by atomic mass is 10.2. The van der Waals surface area contributed by atoms with Crippen LogP contribution in [0.3, 0.4) is 0 Å². The van der Waals surface area contributed by atoms with Crippen molar-refractivity contribution in [3.05, 3.63) is 29.8 Å². The molecule has 0 aliphatic rings. The molecule has 0 radical (unpaired) electrons. The highest BCUT2D eigenvalue weighted by atomic mass is 28.3. The highest BCUT2D eigenvalue weighted by molar-refractivity contribution is 6.70. The van der Waals surface area contributed by atoms with Crippen molar-refractivity contribution in [2.45, 2.75) is 32.2 Å². The number of benzene rings is 1. The Balaban J connectivity index is 2.79. The van der Waals surface area contributed by atoms with Crippen LogP contribution in [0.1, 0.15) is 5.56 Å². The zero-order valence-corrected chi connectivity index (χ0v) is 11.5. The van der Waals surface area contributed by atoms with Gasteiger partial charge in [-0.25, -0.2) is 0 Å². The van der Waals surface area contributed by atoms with Crippen LogP contribution in [0, 0.1) is 0 Å². The molecule has 0 amide bonds. The Kier molecular flexibility index (Phi) is 3.94. The standard InChI is InChI=1S/C11H20Si2/c1-12(2)9-10-6-5-7-11(8-10)13(3)4/h5-8,12-13H,9H2,1-4H3. The van der Waals surface area contributed by atoms with Crippen LogP contribution >= 0.6 is 0 Å². The van der Waals surface area contributed by atoms with Gasteiger partial charge in [0.15, 0.2) is 0 Å². The summed E-state index contributed by atoms with van der Waals surface area (Å²) in [6.07, 6.45) is 0.